The van der Waals surface area contributed by atoms with Crippen molar-refractivity contribution in [2.75, 3.05) is 26.5 Å². The second-order valence-electron chi connectivity index (χ2n) is 5.58. The summed E-state index contributed by atoms with van der Waals surface area (Å²) in [5, 5.41) is 3.07. The van der Waals surface area contributed by atoms with E-state index in [-0.39, 0.29) is 24.0 Å². The zero-order chi connectivity index (χ0) is 16.7. The second-order valence-corrected chi connectivity index (χ2v) is 5.58. The fraction of sp³-hybridized carbons (Fsp3) is 0.278. The van der Waals surface area contributed by atoms with Gasteiger partial charge in [0.05, 0.1) is 19.3 Å². The molecule has 2 aromatic carbocycles. The van der Waals surface area contributed by atoms with Crippen LogP contribution in [0, 0.1) is 0 Å². The van der Waals surface area contributed by atoms with Crippen LogP contribution in [-0.2, 0) is 13.1 Å². The highest BCUT2D eigenvalue weighted by atomic mass is 127. The molecular weight excluding hydrogens is 415 g/mol. The molecule has 0 atom stereocenters. The third kappa shape index (κ3) is 6.37. The van der Waals surface area contributed by atoms with Gasteiger partial charge in [0.25, 0.3) is 0 Å². The van der Waals surface area contributed by atoms with Crippen molar-refractivity contribution in [3.8, 4) is 5.75 Å². The Balaban J connectivity index is 0.00000288. The standard InChI is InChI=1S/C18H24N4O.HI/c1-22(2)13-15-10-8-14(9-11-15)12-20-18(19)21-16-6-4-5-7-17(16)23-3;/h4-11H,12-13H2,1-3H3,(H3,19,20,21);1H. The van der Waals surface area contributed by atoms with Crippen molar-refractivity contribution >= 4 is 35.6 Å². The van der Waals surface area contributed by atoms with Gasteiger partial charge in [-0.25, -0.2) is 4.99 Å². The summed E-state index contributed by atoms with van der Waals surface area (Å²) in [4.78, 5) is 6.51. The summed E-state index contributed by atoms with van der Waals surface area (Å²) in [7, 11) is 5.74. The molecule has 0 saturated heterocycles. The Hall–Kier alpha value is -1.80. The summed E-state index contributed by atoms with van der Waals surface area (Å²) < 4.78 is 5.28. The Morgan fingerprint density at radius 2 is 1.71 bits per heavy atom. The second kappa shape index (κ2) is 10.1. The smallest absolute Gasteiger partial charge is 0.193 e. The molecule has 0 aliphatic carbocycles. The van der Waals surface area contributed by atoms with Gasteiger partial charge in [-0.05, 0) is 37.4 Å². The van der Waals surface area contributed by atoms with Crippen molar-refractivity contribution in [3.05, 3.63) is 59.7 Å². The quantitative estimate of drug-likeness (QED) is 0.411. The van der Waals surface area contributed by atoms with Gasteiger partial charge < -0.3 is 20.7 Å². The lowest BCUT2D eigenvalue weighted by molar-refractivity contribution is 0.402. The van der Waals surface area contributed by atoms with Crippen LogP contribution in [-0.4, -0.2) is 32.1 Å². The zero-order valence-electron chi connectivity index (χ0n) is 14.3. The molecular formula is C18H25IN4O. The number of guanidine groups is 1. The minimum atomic E-state index is 0. The van der Waals surface area contributed by atoms with Crippen LogP contribution in [0.15, 0.2) is 53.5 Å². The minimum absolute atomic E-state index is 0. The van der Waals surface area contributed by atoms with Gasteiger partial charge in [-0.2, -0.15) is 0 Å². The molecule has 0 heterocycles. The van der Waals surface area contributed by atoms with Gasteiger partial charge >= 0.3 is 0 Å². The molecule has 0 unspecified atom stereocenters. The lowest BCUT2D eigenvalue weighted by Gasteiger charge is -2.11. The van der Waals surface area contributed by atoms with E-state index in [0.29, 0.717) is 12.5 Å². The highest BCUT2D eigenvalue weighted by Crippen LogP contribution is 2.22. The molecule has 5 nitrogen and oxygen atoms in total. The number of anilines is 1. The van der Waals surface area contributed by atoms with Crippen LogP contribution < -0.4 is 15.8 Å². The molecule has 0 aromatic heterocycles. The van der Waals surface area contributed by atoms with E-state index < -0.39 is 0 Å². The van der Waals surface area contributed by atoms with E-state index in [1.807, 2.05) is 24.3 Å². The molecule has 0 fully saturated rings. The summed E-state index contributed by atoms with van der Waals surface area (Å²) in [5.41, 5.74) is 9.16. The molecule has 2 rings (SSSR count). The van der Waals surface area contributed by atoms with Crippen molar-refractivity contribution in [1.82, 2.24) is 4.90 Å². The molecule has 24 heavy (non-hydrogen) atoms. The molecule has 0 amide bonds. The summed E-state index contributed by atoms with van der Waals surface area (Å²) in [6, 6.07) is 16.0. The Labute approximate surface area is 160 Å². The summed E-state index contributed by atoms with van der Waals surface area (Å²) in [6.07, 6.45) is 0. The first-order chi connectivity index (χ1) is 11.1. The average molecular weight is 440 g/mol. The van der Waals surface area contributed by atoms with Crippen LogP contribution in [0.1, 0.15) is 11.1 Å². The lowest BCUT2D eigenvalue weighted by Crippen LogP contribution is -2.22. The number of hydrogen-bond acceptors (Lipinski definition) is 3. The number of benzene rings is 2. The number of methoxy groups -OCH3 is 1. The van der Waals surface area contributed by atoms with E-state index in [2.05, 4.69) is 53.6 Å². The van der Waals surface area contributed by atoms with Crippen molar-refractivity contribution in [3.63, 3.8) is 0 Å². The van der Waals surface area contributed by atoms with Gasteiger partial charge in [-0.3, -0.25) is 0 Å². The normalized spacial score (nSPS) is 11.1. The fourth-order valence-electron chi connectivity index (χ4n) is 2.22. The molecule has 0 aliphatic heterocycles. The SMILES string of the molecule is COc1ccccc1NC(N)=NCc1ccc(CN(C)C)cc1.I. The molecule has 3 N–H and O–H groups in total. The van der Waals surface area contributed by atoms with E-state index in [0.717, 1.165) is 23.5 Å². The minimum Gasteiger partial charge on any atom is -0.495 e. The van der Waals surface area contributed by atoms with Crippen molar-refractivity contribution < 1.29 is 4.74 Å². The first kappa shape index (κ1) is 20.2. The van der Waals surface area contributed by atoms with E-state index in [1.165, 1.54) is 5.56 Å². The monoisotopic (exact) mass is 440 g/mol. The van der Waals surface area contributed by atoms with Gasteiger partial charge in [0.1, 0.15) is 5.75 Å². The highest BCUT2D eigenvalue weighted by molar-refractivity contribution is 14.0. The predicted molar refractivity (Wildman–Crippen MR) is 111 cm³/mol. The molecule has 6 heteroatoms. The van der Waals surface area contributed by atoms with E-state index in [9.17, 15) is 0 Å². The number of hydrogen-bond donors (Lipinski definition) is 2. The molecule has 0 aliphatic rings. The zero-order valence-corrected chi connectivity index (χ0v) is 16.7. The first-order valence-electron chi connectivity index (χ1n) is 7.51. The van der Waals surface area contributed by atoms with Gasteiger partial charge in [0, 0.05) is 6.54 Å². The third-order valence-corrected chi connectivity index (χ3v) is 3.32. The highest BCUT2D eigenvalue weighted by Gasteiger charge is 2.02. The Kier molecular flexibility index (Phi) is 8.56. The Morgan fingerprint density at radius 1 is 1.08 bits per heavy atom. The van der Waals surface area contributed by atoms with Crippen LogP contribution in [0.2, 0.25) is 0 Å². The molecule has 130 valence electrons. The lowest BCUT2D eigenvalue weighted by atomic mass is 10.1. The van der Waals surface area contributed by atoms with Crippen LogP contribution >= 0.6 is 24.0 Å². The van der Waals surface area contributed by atoms with E-state index >= 15 is 0 Å². The number of aliphatic imine (C=N–C) groups is 1. The summed E-state index contributed by atoms with van der Waals surface area (Å²) in [5.74, 6) is 1.10. The van der Waals surface area contributed by atoms with Crippen molar-refractivity contribution in [2.24, 2.45) is 10.7 Å². The topological polar surface area (TPSA) is 62.9 Å². The van der Waals surface area contributed by atoms with Crippen LogP contribution in [0.25, 0.3) is 0 Å². The van der Waals surface area contributed by atoms with Gasteiger partial charge in [-0.1, -0.05) is 36.4 Å². The number of nitrogens with one attached hydrogen (secondary N) is 1. The maximum Gasteiger partial charge on any atom is 0.193 e. The van der Waals surface area contributed by atoms with Crippen molar-refractivity contribution in [1.29, 1.82) is 0 Å². The third-order valence-electron chi connectivity index (χ3n) is 3.32. The maximum absolute atomic E-state index is 5.95. The largest absolute Gasteiger partial charge is 0.495 e. The van der Waals surface area contributed by atoms with E-state index in [1.54, 1.807) is 7.11 Å². The number of nitrogens with zero attached hydrogens (tertiary/aromatic N) is 2. The maximum atomic E-state index is 5.95. The number of halogens is 1. The average Bonchev–Trinajstić information content (AvgIpc) is 2.54. The Bertz CT molecular complexity index is 656. The fourth-order valence-corrected chi connectivity index (χ4v) is 2.22. The molecule has 0 bridgehead atoms. The Morgan fingerprint density at radius 3 is 2.33 bits per heavy atom. The number of nitrogens with two attached hydrogens (primary N) is 1. The number of rotatable bonds is 6. The van der Waals surface area contributed by atoms with E-state index in [4.69, 9.17) is 10.5 Å². The van der Waals surface area contributed by atoms with Crippen LogP contribution in [0.3, 0.4) is 0 Å². The molecule has 2 aromatic rings. The summed E-state index contributed by atoms with van der Waals surface area (Å²) >= 11 is 0. The molecule has 0 radical (unpaired) electrons. The van der Waals surface area contributed by atoms with Crippen LogP contribution in [0.4, 0.5) is 5.69 Å². The number of para-hydroxylation sites is 2. The first-order valence-corrected chi connectivity index (χ1v) is 7.51. The van der Waals surface area contributed by atoms with Gasteiger partial charge in [0.15, 0.2) is 5.96 Å². The number of ether oxygens (including phenoxy) is 1. The van der Waals surface area contributed by atoms with Gasteiger partial charge in [0.2, 0.25) is 0 Å². The molecule has 0 saturated carbocycles. The van der Waals surface area contributed by atoms with Gasteiger partial charge in [-0.15, -0.1) is 24.0 Å². The van der Waals surface area contributed by atoms with Crippen molar-refractivity contribution in [2.45, 2.75) is 13.1 Å². The van der Waals surface area contributed by atoms with Crippen LogP contribution in [0.5, 0.6) is 5.75 Å². The molecule has 0 spiro atoms. The predicted octanol–water partition coefficient (Wildman–Crippen LogP) is 3.30. The summed E-state index contributed by atoms with van der Waals surface area (Å²) in [6.45, 7) is 1.47.